The highest BCUT2D eigenvalue weighted by atomic mass is 35.5. The first-order valence-corrected chi connectivity index (χ1v) is 6.42. The van der Waals surface area contributed by atoms with E-state index in [0.29, 0.717) is 11.6 Å². The number of ether oxygens (including phenoxy) is 1. The molecule has 0 atom stereocenters. The number of hydrogen-bond donors (Lipinski definition) is 1. The van der Waals surface area contributed by atoms with E-state index in [4.69, 9.17) is 16.3 Å². The Hall–Kier alpha value is -1.33. The van der Waals surface area contributed by atoms with E-state index in [2.05, 4.69) is 15.5 Å². The molecule has 1 heterocycles. The van der Waals surface area contributed by atoms with Gasteiger partial charge in [0, 0.05) is 11.6 Å². The van der Waals surface area contributed by atoms with Crippen molar-refractivity contribution in [3.05, 3.63) is 34.3 Å². The zero-order valence-corrected chi connectivity index (χ0v) is 10.9. The van der Waals surface area contributed by atoms with Gasteiger partial charge in [-0.3, -0.25) is 0 Å². The molecule has 2 rings (SSSR count). The van der Waals surface area contributed by atoms with E-state index < -0.39 is 0 Å². The first kappa shape index (κ1) is 12.1. The Balaban J connectivity index is 1.93. The summed E-state index contributed by atoms with van der Waals surface area (Å²) in [7, 11) is 0. The Morgan fingerprint density at radius 1 is 1.41 bits per heavy atom. The molecular formula is C11H12ClN3OS. The Kier molecular flexibility index (Phi) is 4.17. The van der Waals surface area contributed by atoms with Crippen LogP contribution in [0.15, 0.2) is 24.3 Å². The highest BCUT2D eigenvalue weighted by Crippen LogP contribution is 2.20. The van der Waals surface area contributed by atoms with E-state index in [-0.39, 0.29) is 0 Å². The third-order valence-corrected chi connectivity index (χ3v) is 3.04. The summed E-state index contributed by atoms with van der Waals surface area (Å²) in [6.45, 7) is 3.26. The van der Waals surface area contributed by atoms with Gasteiger partial charge in [0.15, 0.2) is 5.01 Å². The number of nitrogens with zero attached hydrogens (tertiary/aromatic N) is 2. The summed E-state index contributed by atoms with van der Waals surface area (Å²) < 4.78 is 5.56. The van der Waals surface area contributed by atoms with E-state index in [0.717, 1.165) is 22.4 Å². The standard InChI is InChI=1S/C11H12ClN3OS/c1-2-13-11-15-14-10(17-11)7-16-9-5-3-4-8(12)6-9/h3-6H,2,7H2,1H3,(H,13,15). The van der Waals surface area contributed by atoms with Crippen LogP contribution in [-0.2, 0) is 6.61 Å². The molecule has 1 aromatic heterocycles. The molecule has 0 radical (unpaired) electrons. The van der Waals surface area contributed by atoms with Gasteiger partial charge in [-0.15, -0.1) is 10.2 Å². The van der Waals surface area contributed by atoms with Gasteiger partial charge in [0.05, 0.1) is 0 Å². The van der Waals surface area contributed by atoms with Crippen LogP contribution in [0.4, 0.5) is 5.13 Å². The topological polar surface area (TPSA) is 47.0 Å². The first-order chi connectivity index (χ1) is 8.28. The molecule has 1 N–H and O–H groups in total. The quantitative estimate of drug-likeness (QED) is 0.905. The van der Waals surface area contributed by atoms with Gasteiger partial charge in [-0.1, -0.05) is 29.0 Å². The fourth-order valence-electron chi connectivity index (χ4n) is 1.24. The molecule has 90 valence electrons. The number of hydrogen-bond acceptors (Lipinski definition) is 5. The van der Waals surface area contributed by atoms with Crippen LogP contribution in [0.5, 0.6) is 5.75 Å². The number of benzene rings is 1. The van der Waals surface area contributed by atoms with Gasteiger partial charge in [-0.25, -0.2) is 0 Å². The zero-order chi connectivity index (χ0) is 12.1. The lowest BCUT2D eigenvalue weighted by atomic mass is 10.3. The number of rotatable bonds is 5. The van der Waals surface area contributed by atoms with Crippen molar-refractivity contribution < 1.29 is 4.74 Å². The second-order valence-corrected chi connectivity index (χ2v) is 4.78. The van der Waals surface area contributed by atoms with Gasteiger partial charge in [0.2, 0.25) is 5.13 Å². The molecule has 6 heteroatoms. The fourth-order valence-corrected chi connectivity index (χ4v) is 2.14. The van der Waals surface area contributed by atoms with E-state index in [1.165, 1.54) is 11.3 Å². The van der Waals surface area contributed by atoms with Crippen molar-refractivity contribution in [2.45, 2.75) is 13.5 Å². The van der Waals surface area contributed by atoms with E-state index in [1.54, 1.807) is 6.07 Å². The summed E-state index contributed by atoms with van der Waals surface area (Å²) in [5, 5.41) is 13.4. The molecule has 0 bridgehead atoms. The van der Waals surface area contributed by atoms with Crippen molar-refractivity contribution in [1.82, 2.24) is 10.2 Å². The monoisotopic (exact) mass is 269 g/mol. The van der Waals surface area contributed by atoms with E-state index >= 15 is 0 Å². The maximum Gasteiger partial charge on any atom is 0.205 e. The molecule has 0 saturated carbocycles. The summed E-state index contributed by atoms with van der Waals surface area (Å²) in [5.41, 5.74) is 0. The lowest BCUT2D eigenvalue weighted by molar-refractivity contribution is 0.304. The fraction of sp³-hybridized carbons (Fsp3) is 0.273. The molecule has 4 nitrogen and oxygen atoms in total. The van der Waals surface area contributed by atoms with Crippen LogP contribution in [0.2, 0.25) is 5.02 Å². The molecule has 0 spiro atoms. The maximum atomic E-state index is 5.86. The molecule has 0 aliphatic heterocycles. The van der Waals surface area contributed by atoms with Gasteiger partial charge >= 0.3 is 0 Å². The van der Waals surface area contributed by atoms with Crippen LogP contribution >= 0.6 is 22.9 Å². The molecule has 0 amide bonds. The zero-order valence-electron chi connectivity index (χ0n) is 9.31. The largest absolute Gasteiger partial charge is 0.486 e. The van der Waals surface area contributed by atoms with Gasteiger partial charge in [-0.2, -0.15) is 0 Å². The van der Waals surface area contributed by atoms with Crippen molar-refractivity contribution in [3.8, 4) is 5.75 Å². The molecule has 1 aromatic carbocycles. The Labute approximate surface area is 109 Å². The third-order valence-electron chi connectivity index (χ3n) is 1.95. The Morgan fingerprint density at radius 2 is 2.29 bits per heavy atom. The smallest absolute Gasteiger partial charge is 0.205 e. The molecule has 0 fully saturated rings. The predicted octanol–water partition coefficient (Wildman–Crippen LogP) is 3.20. The maximum absolute atomic E-state index is 5.86. The highest BCUT2D eigenvalue weighted by Gasteiger charge is 2.04. The molecule has 2 aromatic rings. The van der Waals surface area contributed by atoms with Crippen LogP contribution in [-0.4, -0.2) is 16.7 Å². The summed E-state index contributed by atoms with van der Waals surface area (Å²) >= 11 is 7.35. The van der Waals surface area contributed by atoms with Crippen molar-refractivity contribution in [2.75, 3.05) is 11.9 Å². The second-order valence-electron chi connectivity index (χ2n) is 3.28. The number of halogens is 1. The first-order valence-electron chi connectivity index (χ1n) is 5.22. The number of nitrogens with one attached hydrogen (secondary N) is 1. The average Bonchev–Trinajstić information content (AvgIpc) is 2.75. The van der Waals surface area contributed by atoms with Crippen LogP contribution < -0.4 is 10.1 Å². The summed E-state index contributed by atoms with van der Waals surface area (Å²) in [6, 6.07) is 7.29. The average molecular weight is 270 g/mol. The number of aromatic nitrogens is 2. The van der Waals surface area contributed by atoms with Crippen LogP contribution in [0.3, 0.4) is 0 Å². The second kappa shape index (κ2) is 5.84. The molecular weight excluding hydrogens is 258 g/mol. The molecule has 0 unspecified atom stereocenters. The van der Waals surface area contributed by atoms with Crippen molar-refractivity contribution in [1.29, 1.82) is 0 Å². The van der Waals surface area contributed by atoms with Crippen LogP contribution in [0.25, 0.3) is 0 Å². The summed E-state index contributed by atoms with van der Waals surface area (Å²) in [4.78, 5) is 0. The van der Waals surface area contributed by atoms with Crippen molar-refractivity contribution in [2.24, 2.45) is 0 Å². The minimum absolute atomic E-state index is 0.406. The number of anilines is 1. The highest BCUT2D eigenvalue weighted by molar-refractivity contribution is 7.15. The lowest BCUT2D eigenvalue weighted by Crippen LogP contribution is -1.94. The summed E-state index contributed by atoms with van der Waals surface area (Å²) in [6.07, 6.45) is 0. The van der Waals surface area contributed by atoms with Crippen LogP contribution in [0.1, 0.15) is 11.9 Å². The van der Waals surface area contributed by atoms with Gasteiger partial charge < -0.3 is 10.1 Å². The Bertz CT molecular complexity index is 489. The lowest BCUT2D eigenvalue weighted by Gasteiger charge is -2.03. The van der Waals surface area contributed by atoms with E-state index in [9.17, 15) is 0 Å². The summed E-state index contributed by atoms with van der Waals surface area (Å²) in [5.74, 6) is 0.734. The third kappa shape index (κ3) is 3.57. The predicted molar refractivity (Wildman–Crippen MR) is 69.9 cm³/mol. The molecule has 0 saturated heterocycles. The molecule has 17 heavy (non-hydrogen) atoms. The van der Waals surface area contributed by atoms with Crippen molar-refractivity contribution >= 4 is 28.1 Å². The SMILES string of the molecule is CCNc1nnc(COc2cccc(Cl)c2)s1. The van der Waals surface area contributed by atoms with Gasteiger partial charge in [0.25, 0.3) is 0 Å². The van der Waals surface area contributed by atoms with Crippen LogP contribution in [0, 0.1) is 0 Å². The van der Waals surface area contributed by atoms with Gasteiger partial charge in [-0.05, 0) is 25.1 Å². The normalized spacial score (nSPS) is 10.2. The minimum Gasteiger partial charge on any atom is -0.486 e. The molecule has 0 aliphatic carbocycles. The van der Waals surface area contributed by atoms with E-state index in [1.807, 2.05) is 25.1 Å². The molecule has 0 aliphatic rings. The van der Waals surface area contributed by atoms with Crippen molar-refractivity contribution in [3.63, 3.8) is 0 Å². The Morgan fingerprint density at radius 3 is 3.06 bits per heavy atom. The van der Waals surface area contributed by atoms with Gasteiger partial charge in [0.1, 0.15) is 12.4 Å². The minimum atomic E-state index is 0.406.